The van der Waals surface area contributed by atoms with Gasteiger partial charge in [-0.1, -0.05) is 11.3 Å². The van der Waals surface area contributed by atoms with Crippen molar-refractivity contribution < 1.29 is 21.8 Å². The average Bonchev–Trinajstić information content (AvgIpc) is 2.66. The van der Waals surface area contributed by atoms with Crippen molar-refractivity contribution in [3.8, 4) is 0 Å². The van der Waals surface area contributed by atoms with E-state index in [-0.39, 0.29) is 22.3 Å². The van der Waals surface area contributed by atoms with Gasteiger partial charge in [-0.3, -0.25) is 10.1 Å². The number of hydrogen-bond donors (Lipinski definition) is 0. The second kappa shape index (κ2) is 8.17. The molecule has 0 bridgehead atoms. The molecule has 4 nitrogen and oxygen atoms in total. The van der Waals surface area contributed by atoms with E-state index >= 15 is 0 Å². The minimum atomic E-state index is -0.360. The third-order valence-corrected chi connectivity index (χ3v) is 3.97. The molecule has 0 unspecified atom stereocenters. The SMILES string of the molecule is C[N+](CCCl)(CCCl)Cc1ccc([N+](=O)[O-])s1.[Cl-]. The number of quaternary nitrogens is 1. The summed E-state index contributed by atoms with van der Waals surface area (Å²) in [7, 11) is 2.07. The van der Waals surface area contributed by atoms with Crippen molar-refractivity contribution in [3.63, 3.8) is 0 Å². The first-order valence-corrected chi connectivity index (χ1v) is 7.08. The lowest BCUT2D eigenvalue weighted by Crippen LogP contribution is -3.00. The molecule has 0 radical (unpaired) electrons. The number of nitrogens with zero attached hydrogens (tertiary/aromatic N) is 2. The molecule has 1 rings (SSSR count). The van der Waals surface area contributed by atoms with Crippen molar-refractivity contribution in [2.45, 2.75) is 6.54 Å². The van der Waals surface area contributed by atoms with E-state index in [0.717, 1.165) is 24.5 Å². The summed E-state index contributed by atoms with van der Waals surface area (Å²) in [6.45, 7) is 2.35. The highest BCUT2D eigenvalue weighted by Crippen LogP contribution is 2.26. The summed E-state index contributed by atoms with van der Waals surface area (Å²) in [5.74, 6) is 1.11. The van der Waals surface area contributed by atoms with E-state index in [1.165, 1.54) is 11.3 Å². The van der Waals surface area contributed by atoms with E-state index in [4.69, 9.17) is 23.2 Å². The zero-order valence-corrected chi connectivity index (χ0v) is 13.0. The predicted molar refractivity (Wildman–Crippen MR) is 72.0 cm³/mol. The van der Waals surface area contributed by atoms with E-state index in [9.17, 15) is 10.1 Å². The normalized spacial score (nSPS) is 11.1. The van der Waals surface area contributed by atoms with Crippen LogP contribution in [0.15, 0.2) is 12.1 Å². The second-order valence-corrected chi connectivity index (χ2v) is 6.00. The summed E-state index contributed by atoms with van der Waals surface area (Å²) < 4.78 is 0.713. The maximum Gasteiger partial charge on any atom is 0.324 e. The smallest absolute Gasteiger partial charge is 0.324 e. The third kappa shape index (κ3) is 5.28. The summed E-state index contributed by atoms with van der Waals surface area (Å²) in [6.07, 6.45) is 0. The molecule has 0 saturated carbocycles. The van der Waals surface area contributed by atoms with Crippen molar-refractivity contribution in [1.82, 2.24) is 0 Å². The van der Waals surface area contributed by atoms with Gasteiger partial charge in [0.15, 0.2) is 0 Å². The second-order valence-electron chi connectivity index (χ2n) is 4.10. The molecule has 0 fully saturated rings. The third-order valence-electron chi connectivity index (χ3n) is 2.61. The first kappa shape index (κ1) is 17.9. The van der Waals surface area contributed by atoms with Gasteiger partial charge < -0.3 is 16.9 Å². The average molecular weight is 334 g/mol. The molecular weight excluding hydrogens is 319 g/mol. The number of thiophene rings is 1. The highest BCUT2D eigenvalue weighted by molar-refractivity contribution is 7.15. The summed E-state index contributed by atoms with van der Waals surface area (Å²) >= 11 is 12.8. The fourth-order valence-corrected chi connectivity index (χ4v) is 3.41. The molecule has 0 aliphatic heterocycles. The maximum atomic E-state index is 10.6. The van der Waals surface area contributed by atoms with Gasteiger partial charge in [0, 0.05) is 6.07 Å². The largest absolute Gasteiger partial charge is 1.00 e. The van der Waals surface area contributed by atoms with Crippen LogP contribution in [0, 0.1) is 10.1 Å². The zero-order valence-electron chi connectivity index (χ0n) is 9.94. The molecule has 8 heteroatoms. The van der Waals surface area contributed by atoms with E-state index in [1.54, 1.807) is 6.07 Å². The van der Waals surface area contributed by atoms with Crippen molar-refractivity contribution in [2.24, 2.45) is 0 Å². The quantitative estimate of drug-likeness (QED) is 0.307. The molecule has 0 saturated heterocycles. The van der Waals surface area contributed by atoms with Crippen LogP contribution >= 0.6 is 34.5 Å². The van der Waals surface area contributed by atoms with Crippen LogP contribution in [0.25, 0.3) is 0 Å². The predicted octanol–water partition coefficient (Wildman–Crippen LogP) is 0.0845. The number of halogens is 3. The summed E-state index contributed by atoms with van der Waals surface area (Å²) in [4.78, 5) is 11.2. The molecule has 1 heterocycles. The van der Waals surface area contributed by atoms with Crippen LogP contribution in [0.3, 0.4) is 0 Å². The van der Waals surface area contributed by atoms with Gasteiger partial charge in [0.2, 0.25) is 0 Å². The Morgan fingerprint density at radius 1 is 1.33 bits per heavy atom. The molecule has 1 aromatic rings. The first-order chi connectivity index (χ1) is 8.00. The highest BCUT2D eigenvalue weighted by atomic mass is 35.5. The van der Waals surface area contributed by atoms with Crippen LogP contribution in [0.2, 0.25) is 0 Å². The summed E-state index contributed by atoms with van der Waals surface area (Å²) in [5.41, 5.74) is 0. The molecule has 18 heavy (non-hydrogen) atoms. The van der Waals surface area contributed by atoms with Gasteiger partial charge in [0.05, 0.1) is 41.7 Å². The van der Waals surface area contributed by atoms with E-state index in [2.05, 4.69) is 7.05 Å². The molecule has 0 N–H and O–H groups in total. The van der Waals surface area contributed by atoms with Crippen molar-refractivity contribution in [3.05, 3.63) is 27.1 Å². The Morgan fingerprint density at radius 3 is 2.28 bits per heavy atom. The van der Waals surface area contributed by atoms with Crippen LogP contribution in [0.4, 0.5) is 5.00 Å². The van der Waals surface area contributed by atoms with Gasteiger partial charge in [-0.2, -0.15) is 0 Å². The molecule has 0 aliphatic carbocycles. The number of hydrogen-bond acceptors (Lipinski definition) is 3. The minimum absolute atomic E-state index is 0. The van der Waals surface area contributed by atoms with Crippen LogP contribution in [0.5, 0.6) is 0 Å². The van der Waals surface area contributed by atoms with Gasteiger partial charge in [-0.05, 0) is 6.07 Å². The minimum Gasteiger partial charge on any atom is -1.00 e. The fraction of sp³-hybridized carbons (Fsp3) is 0.600. The van der Waals surface area contributed by atoms with Gasteiger partial charge in [0.25, 0.3) is 0 Å². The molecular formula is C10H15Cl3N2O2S. The Balaban J connectivity index is 0.00000289. The van der Waals surface area contributed by atoms with Gasteiger partial charge in [-0.25, -0.2) is 0 Å². The van der Waals surface area contributed by atoms with Crippen molar-refractivity contribution in [1.29, 1.82) is 0 Å². The van der Waals surface area contributed by atoms with Gasteiger partial charge in [-0.15, -0.1) is 23.2 Å². The lowest BCUT2D eigenvalue weighted by atomic mass is 10.3. The van der Waals surface area contributed by atoms with Crippen LogP contribution < -0.4 is 12.4 Å². The Bertz CT molecular complexity index is 381. The van der Waals surface area contributed by atoms with Crippen molar-refractivity contribution in [2.75, 3.05) is 31.9 Å². The number of alkyl halides is 2. The molecule has 1 aromatic heterocycles. The highest BCUT2D eigenvalue weighted by Gasteiger charge is 2.23. The van der Waals surface area contributed by atoms with Crippen molar-refractivity contribution >= 4 is 39.5 Å². The zero-order chi connectivity index (χ0) is 12.9. The van der Waals surface area contributed by atoms with Crippen LogP contribution in [-0.2, 0) is 6.54 Å². The summed E-state index contributed by atoms with van der Waals surface area (Å²) in [5, 5.41) is 10.8. The van der Waals surface area contributed by atoms with E-state index < -0.39 is 0 Å². The molecule has 0 aromatic carbocycles. The molecule has 104 valence electrons. The maximum absolute atomic E-state index is 10.6. The Labute approximate surface area is 127 Å². The summed E-state index contributed by atoms with van der Waals surface area (Å²) in [6, 6.07) is 3.35. The lowest BCUT2D eigenvalue weighted by molar-refractivity contribution is -0.917. The van der Waals surface area contributed by atoms with Gasteiger partial charge in [0.1, 0.15) is 6.54 Å². The molecule has 0 aliphatic rings. The van der Waals surface area contributed by atoms with Crippen LogP contribution in [-0.4, -0.2) is 41.3 Å². The fourth-order valence-electron chi connectivity index (χ4n) is 1.60. The number of rotatable bonds is 7. The monoisotopic (exact) mass is 332 g/mol. The molecule has 0 amide bonds. The topological polar surface area (TPSA) is 43.1 Å². The molecule has 0 atom stereocenters. The van der Waals surface area contributed by atoms with E-state index in [1.807, 2.05) is 6.07 Å². The Morgan fingerprint density at radius 2 is 1.89 bits per heavy atom. The number of nitro groups is 1. The van der Waals surface area contributed by atoms with Gasteiger partial charge >= 0.3 is 5.00 Å². The standard InChI is InChI=1S/C10H15Cl2N2O2S.ClH/c1-14(6-4-11,7-5-12)8-9-2-3-10(17-9)13(15)16;/h2-3H,4-8H2,1H3;1H/q+1;/p-1. The van der Waals surface area contributed by atoms with E-state index in [0.29, 0.717) is 16.2 Å². The lowest BCUT2D eigenvalue weighted by Gasteiger charge is -2.32. The molecule has 0 spiro atoms. The first-order valence-electron chi connectivity index (χ1n) is 5.19. The Kier molecular flexibility index (Phi) is 8.14. The Hall–Kier alpha value is -0.0700. The van der Waals surface area contributed by atoms with Crippen LogP contribution in [0.1, 0.15) is 4.88 Å².